The Labute approximate surface area is 115 Å². The Bertz CT molecular complexity index is 387. The molecule has 0 aliphatic rings. The lowest BCUT2D eigenvalue weighted by Gasteiger charge is -2.18. The minimum absolute atomic E-state index is 0.0896. The van der Waals surface area contributed by atoms with Gasteiger partial charge in [0.2, 0.25) is 0 Å². The maximum absolute atomic E-state index is 13.8. The van der Waals surface area contributed by atoms with E-state index in [2.05, 4.69) is 21.2 Å². The molecule has 0 aliphatic carbocycles. The molecule has 0 amide bonds. The summed E-state index contributed by atoms with van der Waals surface area (Å²) in [5, 5.41) is 3.22. The van der Waals surface area contributed by atoms with Gasteiger partial charge in [0.1, 0.15) is 11.6 Å². The highest BCUT2D eigenvalue weighted by molar-refractivity contribution is 9.10. The van der Waals surface area contributed by atoms with Crippen LogP contribution in [0, 0.1) is 11.6 Å². The molecule has 0 aromatic heterocycles. The zero-order valence-corrected chi connectivity index (χ0v) is 12.2. The molecule has 0 radical (unpaired) electrons. The van der Waals surface area contributed by atoms with Crippen LogP contribution in [0.15, 0.2) is 16.6 Å². The van der Waals surface area contributed by atoms with Crippen LogP contribution >= 0.6 is 15.9 Å². The average molecular weight is 322 g/mol. The fourth-order valence-corrected chi connectivity index (χ4v) is 2.11. The molecule has 0 spiro atoms. The summed E-state index contributed by atoms with van der Waals surface area (Å²) in [5.74, 6) is -1.05. The number of ether oxygens (including phenoxy) is 1. The summed E-state index contributed by atoms with van der Waals surface area (Å²) in [6, 6.07) is 2.55. The highest BCUT2D eigenvalue weighted by Gasteiger charge is 2.17. The van der Waals surface area contributed by atoms with Gasteiger partial charge in [-0.15, -0.1) is 0 Å². The Kier molecular flexibility index (Phi) is 6.75. The largest absolute Gasteiger partial charge is 0.383 e. The fraction of sp³-hybridized carbons (Fsp3) is 0.538. The summed E-state index contributed by atoms with van der Waals surface area (Å²) in [6.07, 6.45) is 1.23. The molecule has 0 fully saturated rings. The van der Waals surface area contributed by atoms with E-state index in [1.165, 1.54) is 12.1 Å². The predicted octanol–water partition coefficient (Wildman–Crippen LogP) is 3.28. The van der Waals surface area contributed by atoms with Crippen LogP contribution in [-0.2, 0) is 11.2 Å². The van der Waals surface area contributed by atoms with Gasteiger partial charge in [-0.3, -0.25) is 0 Å². The van der Waals surface area contributed by atoms with Gasteiger partial charge in [-0.05, 0) is 47.4 Å². The molecule has 1 N–H and O–H groups in total. The highest BCUT2D eigenvalue weighted by Crippen LogP contribution is 2.22. The van der Waals surface area contributed by atoms with Gasteiger partial charge < -0.3 is 10.1 Å². The van der Waals surface area contributed by atoms with Crippen LogP contribution in [0.2, 0.25) is 0 Å². The van der Waals surface area contributed by atoms with Gasteiger partial charge in [-0.25, -0.2) is 8.78 Å². The van der Waals surface area contributed by atoms with E-state index >= 15 is 0 Å². The summed E-state index contributed by atoms with van der Waals surface area (Å²) < 4.78 is 32.8. The zero-order valence-electron chi connectivity index (χ0n) is 10.6. The fourth-order valence-electron chi connectivity index (χ4n) is 1.74. The summed E-state index contributed by atoms with van der Waals surface area (Å²) in [4.78, 5) is 0. The van der Waals surface area contributed by atoms with E-state index in [9.17, 15) is 8.78 Å². The van der Waals surface area contributed by atoms with Crippen molar-refractivity contribution in [3.63, 3.8) is 0 Å². The monoisotopic (exact) mass is 321 g/mol. The first-order valence-electron chi connectivity index (χ1n) is 5.94. The molecule has 18 heavy (non-hydrogen) atoms. The van der Waals surface area contributed by atoms with E-state index in [4.69, 9.17) is 4.74 Å². The van der Waals surface area contributed by atoms with Crippen LogP contribution < -0.4 is 5.32 Å². The molecule has 0 saturated heterocycles. The Morgan fingerprint density at radius 1 is 1.39 bits per heavy atom. The van der Waals surface area contributed by atoms with Crippen molar-refractivity contribution in [3.8, 4) is 0 Å². The second-order valence-electron chi connectivity index (χ2n) is 4.13. The molecule has 5 heteroatoms. The van der Waals surface area contributed by atoms with Crippen LogP contribution in [0.3, 0.4) is 0 Å². The minimum Gasteiger partial charge on any atom is -0.383 e. The molecule has 0 bridgehead atoms. The maximum atomic E-state index is 13.8. The Hall–Kier alpha value is -0.520. The lowest BCUT2D eigenvalue weighted by atomic mass is 10.0. The molecule has 1 aromatic rings. The van der Waals surface area contributed by atoms with Crippen LogP contribution in [0.4, 0.5) is 8.78 Å². The molecule has 0 aliphatic heterocycles. The summed E-state index contributed by atoms with van der Waals surface area (Å²) >= 11 is 3.07. The van der Waals surface area contributed by atoms with Crippen molar-refractivity contribution in [2.24, 2.45) is 0 Å². The van der Waals surface area contributed by atoms with Crippen molar-refractivity contribution in [1.29, 1.82) is 0 Å². The number of hydrogen-bond donors (Lipinski definition) is 1. The van der Waals surface area contributed by atoms with Crippen molar-refractivity contribution in [3.05, 3.63) is 33.8 Å². The average Bonchev–Trinajstić information content (AvgIpc) is 2.36. The van der Waals surface area contributed by atoms with Gasteiger partial charge in [0.15, 0.2) is 0 Å². The topological polar surface area (TPSA) is 21.3 Å². The smallest absolute Gasteiger partial charge is 0.143 e. The molecule has 1 atom stereocenters. The zero-order chi connectivity index (χ0) is 13.5. The van der Waals surface area contributed by atoms with Gasteiger partial charge >= 0.3 is 0 Å². The Morgan fingerprint density at radius 2 is 2.11 bits per heavy atom. The van der Waals surface area contributed by atoms with E-state index in [1.807, 2.05) is 6.92 Å². The van der Waals surface area contributed by atoms with Crippen molar-refractivity contribution in [2.75, 3.05) is 20.3 Å². The third-order valence-electron chi connectivity index (χ3n) is 2.64. The van der Waals surface area contributed by atoms with E-state index in [0.717, 1.165) is 13.0 Å². The van der Waals surface area contributed by atoms with Crippen LogP contribution in [0.5, 0.6) is 0 Å². The first-order valence-corrected chi connectivity index (χ1v) is 6.74. The summed E-state index contributed by atoms with van der Waals surface area (Å²) in [7, 11) is 1.58. The molecule has 0 saturated carbocycles. The minimum atomic E-state index is -0.533. The second-order valence-corrected chi connectivity index (χ2v) is 4.99. The molecule has 102 valence electrons. The molecule has 0 heterocycles. The van der Waals surface area contributed by atoms with Gasteiger partial charge in [0.05, 0.1) is 11.1 Å². The number of hydrogen-bond acceptors (Lipinski definition) is 2. The second kappa shape index (κ2) is 7.81. The number of halogens is 3. The van der Waals surface area contributed by atoms with E-state index in [0.29, 0.717) is 6.61 Å². The number of benzene rings is 1. The van der Waals surface area contributed by atoms with Gasteiger partial charge in [0.25, 0.3) is 0 Å². The summed E-state index contributed by atoms with van der Waals surface area (Å²) in [5.41, 5.74) is 0.0926. The molecule has 1 unspecified atom stereocenters. The van der Waals surface area contributed by atoms with Crippen molar-refractivity contribution < 1.29 is 13.5 Å². The van der Waals surface area contributed by atoms with Gasteiger partial charge in [-0.1, -0.05) is 6.92 Å². The lowest BCUT2D eigenvalue weighted by Crippen LogP contribution is -2.36. The molecular weight excluding hydrogens is 304 g/mol. The third-order valence-corrected chi connectivity index (χ3v) is 3.25. The van der Waals surface area contributed by atoms with Gasteiger partial charge in [-0.2, -0.15) is 0 Å². The quantitative estimate of drug-likeness (QED) is 0.778. The standard InChI is InChI=1S/C13H18BrF2NO/c1-3-6-17-9(8-18-2)7-10-12(15)5-4-11(14)13(10)16/h4-5,9,17H,3,6-8H2,1-2H3. The van der Waals surface area contributed by atoms with Crippen LogP contribution in [0.25, 0.3) is 0 Å². The predicted molar refractivity (Wildman–Crippen MR) is 71.7 cm³/mol. The Morgan fingerprint density at radius 3 is 2.72 bits per heavy atom. The van der Waals surface area contributed by atoms with Crippen molar-refractivity contribution in [1.82, 2.24) is 5.32 Å². The number of nitrogens with one attached hydrogen (secondary N) is 1. The van der Waals surface area contributed by atoms with E-state index in [1.54, 1.807) is 7.11 Å². The summed E-state index contributed by atoms with van der Waals surface area (Å²) in [6.45, 7) is 3.26. The number of rotatable bonds is 7. The first-order chi connectivity index (χ1) is 8.60. The SMILES string of the molecule is CCCNC(COC)Cc1c(F)ccc(Br)c1F. The van der Waals surface area contributed by atoms with Crippen LogP contribution in [-0.4, -0.2) is 26.3 Å². The molecule has 1 aromatic carbocycles. The van der Waals surface area contributed by atoms with Crippen molar-refractivity contribution in [2.45, 2.75) is 25.8 Å². The maximum Gasteiger partial charge on any atom is 0.143 e. The molecule has 1 rings (SSSR count). The molecular formula is C13H18BrF2NO. The Balaban J connectivity index is 2.82. The number of methoxy groups -OCH3 is 1. The first kappa shape index (κ1) is 15.5. The van der Waals surface area contributed by atoms with Crippen molar-refractivity contribution >= 4 is 15.9 Å². The van der Waals surface area contributed by atoms with Crippen LogP contribution in [0.1, 0.15) is 18.9 Å². The van der Waals surface area contributed by atoms with E-state index in [-0.39, 0.29) is 22.5 Å². The third kappa shape index (κ3) is 4.30. The van der Waals surface area contributed by atoms with Gasteiger partial charge in [0, 0.05) is 18.7 Å². The normalized spacial score (nSPS) is 12.7. The van der Waals surface area contributed by atoms with E-state index < -0.39 is 11.6 Å². The highest BCUT2D eigenvalue weighted by atomic mass is 79.9. The lowest BCUT2D eigenvalue weighted by molar-refractivity contribution is 0.165. The molecule has 2 nitrogen and oxygen atoms in total.